The first-order chi connectivity index (χ1) is 11.6. The zero-order chi connectivity index (χ0) is 16.7. The Bertz CT molecular complexity index is 912. The standard InChI is InChI=1S/C19H15NO4/c1-11-3-5-14(7-12(11)2)18-15(19(21)24-20-18)8-13-4-6-16-17(9-13)23-10-22-16/h3-9H,10H2,1-2H3/b15-8-. The highest BCUT2D eigenvalue weighted by atomic mass is 16.7. The highest BCUT2D eigenvalue weighted by Crippen LogP contribution is 2.33. The van der Waals surface area contributed by atoms with Gasteiger partial charge >= 0.3 is 5.97 Å². The van der Waals surface area contributed by atoms with Gasteiger partial charge in [-0.3, -0.25) is 0 Å². The quantitative estimate of drug-likeness (QED) is 0.628. The molecule has 0 spiro atoms. The van der Waals surface area contributed by atoms with E-state index in [1.165, 1.54) is 5.56 Å². The topological polar surface area (TPSA) is 57.1 Å². The van der Waals surface area contributed by atoms with Gasteiger partial charge in [-0.05, 0) is 54.8 Å². The van der Waals surface area contributed by atoms with Crippen molar-refractivity contribution >= 4 is 17.8 Å². The molecule has 2 aliphatic rings. The average molecular weight is 321 g/mol. The molecule has 4 rings (SSSR count). The van der Waals surface area contributed by atoms with Crippen LogP contribution in [0.5, 0.6) is 11.5 Å². The van der Waals surface area contributed by atoms with Crippen molar-refractivity contribution in [2.75, 3.05) is 6.79 Å². The molecule has 120 valence electrons. The summed E-state index contributed by atoms with van der Waals surface area (Å²) in [6, 6.07) is 11.5. The number of ether oxygens (including phenoxy) is 2. The molecule has 2 aromatic rings. The van der Waals surface area contributed by atoms with Crippen LogP contribution in [0, 0.1) is 13.8 Å². The smallest absolute Gasteiger partial charge is 0.368 e. The van der Waals surface area contributed by atoms with Crippen molar-refractivity contribution < 1.29 is 19.1 Å². The van der Waals surface area contributed by atoms with Gasteiger partial charge in [0.15, 0.2) is 11.5 Å². The molecule has 0 atom stereocenters. The molecule has 0 unspecified atom stereocenters. The van der Waals surface area contributed by atoms with Gasteiger partial charge in [0.1, 0.15) is 5.71 Å². The predicted octanol–water partition coefficient (Wildman–Crippen LogP) is 3.38. The molecule has 0 aliphatic carbocycles. The molecule has 2 aromatic carbocycles. The Kier molecular flexibility index (Phi) is 3.34. The number of hydrogen-bond donors (Lipinski definition) is 0. The van der Waals surface area contributed by atoms with E-state index in [9.17, 15) is 4.79 Å². The number of carbonyl (C=O) groups excluding carboxylic acids is 1. The van der Waals surface area contributed by atoms with Crippen molar-refractivity contribution in [2.24, 2.45) is 5.16 Å². The lowest BCUT2D eigenvalue weighted by Crippen LogP contribution is -2.07. The largest absolute Gasteiger partial charge is 0.454 e. The molecule has 0 amide bonds. The summed E-state index contributed by atoms with van der Waals surface area (Å²) in [6.07, 6.45) is 1.76. The van der Waals surface area contributed by atoms with Crippen LogP contribution in [0.25, 0.3) is 6.08 Å². The van der Waals surface area contributed by atoms with Crippen LogP contribution < -0.4 is 9.47 Å². The Morgan fingerprint density at radius 2 is 1.83 bits per heavy atom. The second kappa shape index (κ2) is 5.53. The Balaban J connectivity index is 1.73. The Hall–Kier alpha value is -3.08. The fourth-order valence-corrected chi connectivity index (χ4v) is 2.68. The Morgan fingerprint density at radius 3 is 2.67 bits per heavy atom. The Morgan fingerprint density at radius 1 is 1.00 bits per heavy atom. The van der Waals surface area contributed by atoms with E-state index >= 15 is 0 Å². The van der Waals surface area contributed by atoms with Crippen LogP contribution in [-0.4, -0.2) is 18.5 Å². The van der Waals surface area contributed by atoms with E-state index in [2.05, 4.69) is 5.16 Å². The lowest BCUT2D eigenvalue weighted by Gasteiger charge is -2.05. The van der Waals surface area contributed by atoms with Crippen molar-refractivity contribution in [3.8, 4) is 11.5 Å². The number of oxime groups is 1. The van der Waals surface area contributed by atoms with E-state index in [-0.39, 0.29) is 6.79 Å². The molecule has 5 heteroatoms. The summed E-state index contributed by atoms with van der Waals surface area (Å²) < 4.78 is 10.7. The third kappa shape index (κ3) is 2.44. The second-order valence-electron chi connectivity index (χ2n) is 5.79. The molecule has 0 N–H and O–H groups in total. The second-order valence-corrected chi connectivity index (χ2v) is 5.79. The fourth-order valence-electron chi connectivity index (χ4n) is 2.68. The minimum absolute atomic E-state index is 0.215. The molecular formula is C19H15NO4. The van der Waals surface area contributed by atoms with Gasteiger partial charge in [-0.2, -0.15) is 0 Å². The van der Waals surface area contributed by atoms with Crippen molar-refractivity contribution in [3.63, 3.8) is 0 Å². The number of rotatable bonds is 2. The van der Waals surface area contributed by atoms with Gasteiger partial charge in [0.2, 0.25) is 6.79 Å². The molecule has 2 aliphatic heterocycles. The maximum atomic E-state index is 12.1. The highest BCUT2D eigenvalue weighted by Gasteiger charge is 2.27. The van der Waals surface area contributed by atoms with Crippen LogP contribution >= 0.6 is 0 Å². The monoisotopic (exact) mass is 321 g/mol. The average Bonchev–Trinajstić information content (AvgIpc) is 3.17. The van der Waals surface area contributed by atoms with E-state index in [1.54, 1.807) is 6.08 Å². The normalized spacial score (nSPS) is 17.2. The number of nitrogens with zero attached hydrogens (tertiary/aromatic N) is 1. The van der Waals surface area contributed by atoms with Gasteiger partial charge in [-0.1, -0.05) is 23.4 Å². The maximum Gasteiger partial charge on any atom is 0.368 e. The van der Waals surface area contributed by atoms with Crippen LogP contribution in [0.4, 0.5) is 0 Å². The first-order valence-corrected chi connectivity index (χ1v) is 7.60. The summed E-state index contributed by atoms with van der Waals surface area (Å²) in [6.45, 7) is 4.28. The summed E-state index contributed by atoms with van der Waals surface area (Å²) in [5.74, 6) is 0.912. The molecule has 0 saturated heterocycles. The Labute approximate surface area is 139 Å². The van der Waals surface area contributed by atoms with E-state index in [1.807, 2.05) is 50.2 Å². The molecular weight excluding hydrogens is 306 g/mol. The summed E-state index contributed by atoms with van der Waals surface area (Å²) in [7, 11) is 0. The first-order valence-electron chi connectivity index (χ1n) is 7.60. The molecule has 0 radical (unpaired) electrons. The van der Waals surface area contributed by atoms with Crippen LogP contribution in [0.15, 0.2) is 47.1 Å². The summed E-state index contributed by atoms with van der Waals surface area (Å²) in [4.78, 5) is 17.0. The number of aryl methyl sites for hydroxylation is 2. The predicted molar refractivity (Wildman–Crippen MR) is 89.1 cm³/mol. The molecule has 0 saturated carbocycles. The number of benzene rings is 2. The van der Waals surface area contributed by atoms with Gasteiger partial charge in [-0.15, -0.1) is 0 Å². The van der Waals surface area contributed by atoms with E-state index in [0.29, 0.717) is 22.8 Å². The molecule has 24 heavy (non-hydrogen) atoms. The number of carbonyl (C=O) groups is 1. The highest BCUT2D eigenvalue weighted by molar-refractivity contribution is 6.31. The van der Waals surface area contributed by atoms with Crippen LogP contribution in [0.3, 0.4) is 0 Å². The van der Waals surface area contributed by atoms with E-state index in [0.717, 1.165) is 16.7 Å². The van der Waals surface area contributed by atoms with Gasteiger partial charge < -0.3 is 14.3 Å². The SMILES string of the molecule is Cc1ccc(C2=NOC(=O)/C2=C\c2ccc3c(c2)OCO3)cc1C. The van der Waals surface area contributed by atoms with E-state index in [4.69, 9.17) is 14.3 Å². The third-order valence-corrected chi connectivity index (χ3v) is 4.18. The van der Waals surface area contributed by atoms with Crippen molar-refractivity contribution in [1.29, 1.82) is 0 Å². The molecule has 0 bridgehead atoms. The lowest BCUT2D eigenvalue weighted by atomic mass is 9.97. The minimum Gasteiger partial charge on any atom is -0.454 e. The summed E-state index contributed by atoms with van der Waals surface area (Å²) >= 11 is 0. The molecule has 0 fully saturated rings. The van der Waals surface area contributed by atoms with Gasteiger partial charge in [0.25, 0.3) is 0 Å². The first kappa shape index (κ1) is 14.5. The van der Waals surface area contributed by atoms with Gasteiger partial charge in [0.05, 0.1) is 5.57 Å². The lowest BCUT2D eigenvalue weighted by molar-refractivity contribution is -0.136. The summed E-state index contributed by atoms with van der Waals surface area (Å²) in [5, 5.41) is 3.95. The van der Waals surface area contributed by atoms with Gasteiger partial charge in [-0.25, -0.2) is 4.79 Å². The third-order valence-electron chi connectivity index (χ3n) is 4.18. The summed E-state index contributed by atoms with van der Waals surface area (Å²) in [5.41, 5.74) is 4.97. The number of fused-ring (bicyclic) bond motifs is 1. The van der Waals surface area contributed by atoms with Crippen molar-refractivity contribution in [3.05, 3.63) is 64.2 Å². The zero-order valence-corrected chi connectivity index (χ0v) is 13.3. The van der Waals surface area contributed by atoms with E-state index < -0.39 is 5.97 Å². The molecule has 0 aromatic heterocycles. The molecule has 2 heterocycles. The maximum absolute atomic E-state index is 12.1. The van der Waals surface area contributed by atoms with Crippen molar-refractivity contribution in [2.45, 2.75) is 13.8 Å². The zero-order valence-electron chi connectivity index (χ0n) is 13.3. The minimum atomic E-state index is -0.458. The molecule has 5 nitrogen and oxygen atoms in total. The van der Waals surface area contributed by atoms with Crippen molar-refractivity contribution in [1.82, 2.24) is 0 Å². The van der Waals surface area contributed by atoms with Crippen LogP contribution in [0.1, 0.15) is 22.3 Å². The van der Waals surface area contributed by atoms with Crippen LogP contribution in [-0.2, 0) is 9.63 Å². The fraction of sp³-hybridized carbons (Fsp3) is 0.158. The van der Waals surface area contributed by atoms with Crippen LogP contribution in [0.2, 0.25) is 0 Å². The van der Waals surface area contributed by atoms with Gasteiger partial charge in [0, 0.05) is 5.56 Å². The number of hydrogen-bond acceptors (Lipinski definition) is 5.